The van der Waals surface area contributed by atoms with Crippen LogP contribution in [0.25, 0.3) is 0 Å². The average Bonchev–Trinajstić information content (AvgIpc) is 3.63. The van der Waals surface area contributed by atoms with Gasteiger partial charge in [0, 0.05) is 22.1 Å². The molecule has 6 unspecified atom stereocenters. The number of carbonyl (C=O) groups excluding carboxylic acids is 5. The fourth-order valence-corrected chi connectivity index (χ4v) is 9.91. The van der Waals surface area contributed by atoms with Crippen LogP contribution in [0.3, 0.4) is 0 Å². The first kappa shape index (κ1) is 38.0. The number of hydrogen-bond donors (Lipinski definition) is 2. The number of carbonyl (C=O) groups is 5. The summed E-state index contributed by atoms with van der Waals surface area (Å²) in [5, 5.41) is 12.2. The number of hydrazine groups is 1. The van der Waals surface area contributed by atoms with Crippen LogP contribution in [-0.4, -0.2) is 46.1 Å². The summed E-state index contributed by atoms with van der Waals surface area (Å²) < 4.78 is 19.8. The summed E-state index contributed by atoms with van der Waals surface area (Å²) in [6.07, 6.45) is 2.17. The maximum atomic E-state index is 15.4. The van der Waals surface area contributed by atoms with Crippen LogP contribution in [0.5, 0.6) is 11.5 Å². The Balaban J connectivity index is 1.17. The van der Waals surface area contributed by atoms with Crippen LogP contribution < -0.4 is 15.1 Å². The van der Waals surface area contributed by atoms with E-state index in [-0.39, 0.29) is 42.6 Å². The lowest BCUT2D eigenvalue weighted by molar-refractivity contribution is -0.138. The number of ether oxygens (including phenoxy) is 1. The first-order valence-corrected chi connectivity index (χ1v) is 19.8. The predicted molar refractivity (Wildman–Crippen MR) is 217 cm³/mol. The molecule has 2 aliphatic carbocycles. The Morgan fingerprint density at radius 3 is 2.24 bits per heavy atom. The number of nitrogens with zero attached hydrogens (tertiary/aromatic N) is 2. The molecule has 2 N–H and O–H groups in total. The Bertz CT molecular complexity index is 2560. The number of benzene rings is 5. The number of phenols is 1. The van der Waals surface area contributed by atoms with Gasteiger partial charge in [0.15, 0.2) is 17.3 Å². The highest BCUT2D eigenvalue weighted by atomic mass is 35.5. The van der Waals surface area contributed by atoms with Crippen molar-refractivity contribution < 1.29 is 38.2 Å². The maximum absolute atomic E-state index is 15.4. The molecule has 6 atom stereocenters. The number of amides is 4. The molecule has 2 aliphatic heterocycles. The lowest BCUT2D eigenvalue weighted by Crippen LogP contribution is -2.53. The van der Waals surface area contributed by atoms with Crippen LogP contribution in [0.1, 0.15) is 52.7 Å². The molecule has 3 fully saturated rings. The van der Waals surface area contributed by atoms with Crippen LogP contribution in [-0.2, 0) is 24.6 Å². The van der Waals surface area contributed by atoms with Crippen molar-refractivity contribution in [2.45, 2.75) is 31.1 Å². The van der Waals surface area contributed by atoms with Crippen molar-refractivity contribution in [1.29, 1.82) is 0 Å². The van der Waals surface area contributed by atoms with E-state index < -0.39 is 58.5 Å². The van der Waals surface area contributed by atoms with E-state index in [9.17, 15) is 28.7 Å². The van der Waals surface area contributed by atoms with Crippen molar-refractivity contribution in [2.75, 3.05) is 16.9 Å². The summed E-state index contributed by atoms with van der Waals surface area (Å²) in [7, 11) is 0. The molecular weight excluding hydrogens is 773 g/mol. The number of phenolic OH excluding ortho intramolecular Hbond substituents is 1. The Morgan fingerprint density at radius 1 is 0.847 bits per heavy atom. The second-order valence-corrected chi connectivity index (χ2v) is 15.7. The largest absolute Gasteiger partial charge is 0.504 e. The van der Waals surface area contributed by atoms with Crippen molar-refractivity contribution in [3.63, 3.8) is 0 Å². The third-order valence-corrected chi connectivity index (χ3v) is 12.5. The number of rotatable bonds is 9. The minimum absolute atomic E-state index is 0.0477. The standard InChI is InChI=1S/C47H37ClFN3O7/c1-2-59-39-24-28(10-23-38(39)53)41-34-21-22-35-40(45(57)51(43(35)55)33-19-8-27(9-20-33)42(54)26-6-4-3-5-7-26)36(34)25-37-44(56)52(50-32-17-15-31(49)16-18-32)46(58)47(37,41)29-11-13-30(48)14-12-29/h3-21,23-24,35-37,40-41,50,53H,2,22,25H2,1H3. The molecule has 2 heterocycles. The topological polar surface area (TPSA) is 133 Å². The molecule has 0 aromatic heterocycles. The summed E-state index contributed by atoms with van der Waals surface area (Å²) in [6.45, 7) is 2.02. The van der Waals surface area contributed by atoms with Gasteiger partial charge in [-0.1, -0.05) is 71.8 Å². The molecule has 4 aliphatic rings. The molecule has 0 spiro atoms. The smallest absolute Gasteiger partial charge is 0.260 e. The molecular formula is C47H37ClFN3O7. The number of halogens is 2. The highest BCUT2D eigenvalue weighted by Gasteiger charge is 2.70. The normalized spacial score (nSPS) is 24.7. The lowest BCUT2D eigenvalue weighted by atomic mass is 9.49. The van der Waals surface area contributed by atoms with E-state index in [1.165, 1.54) is 35.2 Å². The monoisotopic (exact) mass is 809 g/mol. The predicted octanol–water partition coefficient (Wildman–Crippen LogP) is 8.00. The Hall–Kier alpha value is -6.59. The van der Waals surface area contributed by atoms with Gasteiger partial charge in [-0.25, -0.2) is 4.39 Å². The van der Waals surface area contributed by atoms with Gasteiger partial charge >= 0.3 is 0 Å². The Kier molecular flexibility index (Phi) is 9.43. The summed E-state index contributed by atoms with van der Waals surface area (Å²) >= 11 is 6.40. The zero-order valence-corrected chi connectivity index (χ0v) is 32.4. The zero-order chi connectivity index (χ0) is 41.2. The molecule has 9 rings (SSSR count). The molecule has 2 saturated heterocycles. The van der Waals surface area contributed by atoms with Gasteiger partial charge < -0.3 is 9.84 Å². The summed E-state index contributed by atoms with van der Waals surface area (Å²) in [6, 6.07) is 32.1. The first-order chi connectivity index (χ1) is 28.5. The van der Waals surface area contributed by atoms with Gasteiger partial charge in [-0.15, -0.1) is 0 Å². The summed E-state index contributed by atoms with van der Waals surface area (Å²) in [5.74, 6) is -6.80. The summed E-state index contributed by atoms with van der Waals surface area (Å²) in [4.78, 5) is 73.7. The highest BCUT2D eigenvalue weighted by Crippen LogP contribution is 2.64. The first-order valence-electron chi connectivity index (χ1n) is 19.4. The fourth-order valence-electron chi connectivity index (χ4n) is 9.78. The second-order valence-electron chi connectivity index (χ2n) is 15.3. The third-order valence-electron chi connectivity index (χ3n) is 12.3. The number of hydrogen-bond acceptors (Lipinski definition) is 8. The number of fused-ring (bicyclic) bond motifs is 4. The Labute approximate surface area is 343 Å². The molecule has 5 aromatic carbocycles. The molecule has 4 amide bonds. The second kappa shape index (κ2) is 14.7. The van der Waals surface area contributed by atoms with E-state index in [1.807, 2.05) is 12.1 Å². The van der Waals surface area contributed by atoms with E-state index in [4.69, 9.17) is 16.3 Å². The van der Waals surface area contributed by atoms with Gasteiger partial charge in [0.05, 0.1) is 41.2 Å². The maximum Gasteiger partial charge on any atom is 0.260 e. The number of allylic oxidation sites excluding steroid dienone is 2. The van der Waals surface area contributed by atoms with Crippen LogP contribution in [0, 0.1) is 29.5 Å². The minimum Gasteiger partial charge on any atom is -0.504 e. The van der Waals surface area contributed by atoms with E-state index in [0.717, 1.165) is 5.01 Å². The molecule has 5 aromatic rings. The van der Waals surface area contributed by atoms with Gasteiger partial charge in [-0.05, 0) is 110 Å². The average molecular weight is 810 g/mol. The minimum atomic E-state index is -1.60. The number of imide groups is 2. The third kappa shape index (κ3) is 6.02. The van der Waals surface area contributed by atoms with Gasteiger partial charge in [0.2, 0.25) is 11.8 Å². The van der Waals surface area contributed by atoms with Crippen molar-refractivity contribution >= 4 is 52.4 Å². The number of ketones is 1. The fraction of sp³-hybridized carbons (Fsp3) is 0.213. The number of nitrogens with one attached hydrogen (secondary N) is 1. The van der Waals surface area contributed by atoms with Gasteiger partial charge in [-0.3, -0.25) is 34.3 Å². The Morgan fingerprint density at radius 2 is 1.54 bits per heavy atom. The van der Waals surface area contributed by atoms with Crippen molar-refractivity contribution in [3.8, 4) is 11.5 Å². The number of aromatic hydroxyl groups is 1. The quantitative estimate of drug-likeness (QED) is 0.0870. The van der Waals surface area contributed by atoms with Crippen molar-refractivity contribution in [2.24, 2.45) is 23.7 Å². The van der Waals surface area contributed by atoms with Crippen LogP contribution in [0.15, 0.2) is 133 Å². The van der Waals surface area contributed by atoms with E-state index in [0.29, 0.717) is 44.2 Å². The van der Waals surface area contributed by atoms with Gasteiger partial charge in [0.1, 0.15) is 5.82 Å². The zero-order valence-electron chi connectivity index (χ0n) is 31.7. The highest BCUT2D eigenvalue weighted by molar-refractivity contribution is 6.30. The van der Waals surface area contributed by atoms with Crippen LogP contribution in [0.2, 0.25) is 5.02 Å². The van der Waals surface area contributed by atoms with Crippen molar-refractivity contribution in [1.82, 2.24) is 5.01 Å². The summed E-state index contributed by atoms with van der Waals surface area (Å²) in [5.41, 5.74) is 4.65. The van der Waals surface area contributed by atoms with E-state index in [1.54, 1.807) is 91.9 Å². The molecule has 1 saturated carbocycles. The molecule has 59 heavy (non-hydrogen) atoms. The molecule has 0 bridgehead atoms. The SMILES string of the molecule is CCOc1cc(C2C3=CCC4C(=O)N(c5ccc(C(=O)c6ccccc6)cc5)C(=O)C4C3CC3C(=O)N(Nc4ccc(F)cc4)C(=O)C32c2ccc(Cl)cc2)ccc1O. The van der Waals surface area contributed by atoms with Crippen molar-refractivity contribution in [3.05, 3.63) is 166 Å². The van der Waals surface area contributed by atoms with Crippen LogP contribution >= 0.6 is 11.6 Å². The molecule has 12 heteroatoms. The van der Waals surface area contributed by atoms with Gasteiger partial charge in [-0.2, -0.15) is 5.01 Å². The number of anilines is 2. The molecule has 10 nitrogen and oxygen atoms in total. The van der Waals surface area contributed by atoms with Gasteiger partial charge in [0.25, 0.3) is 11.8 Å². The molecule has 296 valence electrons. The van der Waals surface area contributed by atoms with E-state index >= 15 is 4.79 Å². The molecule has 0 radical (unpaired) electrons. The lowest BCUT2D eigenvalue weighted by Gasteiger charge is -2.50. The van der Waals surface area contributed by atoms with E-state index in [2.05, 4.69) is 5.43 Å². The van der Waals surface area contributed by atoms with Crippen LogP contribution in [0.4, 0.5) is 15.8 Å².